The van der Waals surface area contributed by atoms with Gasteiger partial charge in [0.25, 0.3) is 0 Å². The van der Waals surface area contributed by atoms with E-state index in [4.69, 9.17) is 4.74 Å². The lowest BCUT2D eigenvalue weighted by atomic mass is 9.99. The number of halogens is 2. The van der Waals surface area contributed by atoms with Gasteiger partial charge in [-0.2, -0.15) is 0 Å². The maximum atomic E-state index is 9.58. The Labute approximate surface area is 106 Å². The third-order valence-electron chi connectivity index (χ3n) is 2.57. The van der Waals surface area contributed by atoms with E-state index in [1.54, 1.807) is 0 Å². The highest BCUT2D eigenvalue weighted by atomic mass is 79.9. The lowest BCUT2D eigenvalue weighted by Crippen LogP contribution is -2.23. The largest absolute Gasteiger partial charge is 0.393 e. The molecule has 1 aromatic carbocycles. The van der Waals surface area contributed by atoms with E-state index in [2.05, 4.69) is 31.9 Å². The minimum Gasteiger partial charge on any atom is -0.393 e. The molecule has 1 saturated heterocycles. The van der Waals surface area contributed by atoms with Crippen molar-refractivity contribution < 1.29 is 9.84 Å². The van der Waals surface area contributed by atoms with E-state index in [9.17, 15) is 5.11 Å². The van der Waals surface area contributed by atoms with Gasteiger partial charge in [-0.05, 0) is 24.1 Å². The first-order valence-electron chi connectivity index (χ1n) is 4.91. The number of benzene rings is 1. The van der Waals surface area contributed by atoms with Crippen molar-refractivity contribution in [2.24, 2.45) is 0 Å². The molecule has 2 rings (SSSR count). The minimum atomic E-state index is -0.237. The first-order valence-corrected chi connectivity index (χ1v) is 6.50. The van der Waals surface area contributed by atoms with Gasteiger partial charge in [-0.15, -0.1) is 0 Å². The maximum Gasteiger partial charge on any atom is 0.0860 e. The molecule has 15 heavy (non-hydrogen) atoms. The van der Waals surface area contributed by atoms with Gasteiger partial charge in [0, 0.05) is 22.0 Å². The molecule has 0 saturated carbocycles. The van der Waals surface area contributed by atoms with Crippen molar-refractivity contribution in [3.05, 3.63) is 32.7 Å². The van der Waals surface area contributed by atoms with Crippen LogP contribution >= 0.6 is 31.9 Å². The lowest BCUT2D eigenvalue weighted by molar-refractivity contribution is -0.0450. The molecule has 1 aliphatic heterocycles. The van der Waals surface area contributed by atoms with Gasteiger partial charge >= 0.3 is 0 Å². The van der Waals surface area contributed by atoms with Gasteiger partial charge in [-0.3, -0.25) is 0 Å². The van der Waals surface area contributed by atoms with Crippen molar-refractivity contribution in [1.82, 2.24) is 0 Å². The fourth-order valence-electron chi connectivity index (χ4n) is 1.76. The summed E-state index contributed by atoms with van der Waals surface area (Å²) in [5.41, 5.74) is 1.11. The van der Waals surface area contributed by atoms with Crippen molar-refractivity contribution in [3.63, 3.8) is 0 Å². The average Bonchev–Trinajstić information content (AvgIpc) is 2.17. The van der Waals surface area contributed by atoms with Crippen LogP contribution in [0.4, 0.5) is 0 Å². The summed E-state index contributed by atoms with van der Waals surface area (Å²) >= 11 is 6.92. The van der Waals surface area contributed by atoms with E-state index in [1.165, 1.54) is 0 Å². The summed E-state index contributed by atoms with van der Waals surface area (Å²) in [6.45, 7) is 0.633. The zero-order valence-electron chi connectivity index (χ0n) is 8.12. The van der Waals surface area contributed by atoms with E-state index in [-0.39, 0.29) is 12.2 Å². The van der Waals surface area contributed by atoms with E-state index in [0.29, 0.717) is 13.0 Å². The Morgan fingerprint density at radius 1 is 1.33 bits per heavy atom. The van der Waals surface area contributed by atoms with E-state index in [1.807, 2.05) is 18.2 Å². The molecule has 1 heterocycles. The number of hydrogen-bond donors (Lipinski definition) is 1. The van der Waals surface area contributed by atoms with Gasteiger partial charge in [0.2, 0.25) is 0 Å². The highest BCUT2D eigenvalue weighted by molar-refractivity contribution is 9.11. The molecule has 2 atom stereocenters. The van der Waals surface area contributed by atoms with Crippen LogP contribution in [0.25, 0.3) is 0 Å². The van der Waals surface area contributed by atoms with Crippen molar-refractivity contribution in [2.45, 2.75) is 25.0 Å². The highest BCUT2D eigenvalue weighted by Crippen LogP contribution is 2.34. The van der Waals surface area contributed by atoms with Crippen molar-refractivity contribution in [2.75, 3.05) is 6.61 Å². The minimum absolute atomic E-state index is 0.0104. The molecule has 0 amide bonds. The molecule has 0 aliphatic carbocycles. The first kappa shape index (κ1) is 11.6. The lowest BCUT2D eigenvalue weighted by Gasteiger charge is -2.27. The molecule has 0 aromatic heterocycles. The summed E-state index contributed by atoms with van der Waals surface area (Å²) in [6.07, 6.45) is 1.20. The average molecular weight is 336 g/mol. The number of rotatable bonds is 1. The Kier molecular flexibility index (Phi) is 3.83. The molecule has 0 radical (unpaired) electrons. The first-order chi connectivity index (χ1) is 7.16. The zero-order chi connectivity index (χ0) is 10.8. The second-order valence-corrected chi connectivity index (χ2v) is 5.47. The Morgan fingerprint density at radius 2 is 2.13 bits per heavy atom. The van der Waals surface area contributed by atoms with Crippen LogP contribution in [0, 0.1) is 0 Å². The van der Waals surface area contributed by atoms with E-state index >= 15 is 0 Å². The molecular formula is C11H12Br2O2. The summed E-state index contributed by atoms with van der Waals surface area (Å²) in [6, 6.07) is 6.01. The summed E-state index contributed by atoms with van der Waals surface area (Å²) in [7, 11) is 0. The molecule has 1 aromatic rings. The van der Waals surface area contributed by atoms with Crippen molar-refractivity contribution >= 4 is 31.9 Å². The topological polar surface area (TPSA) is 29.5 Å². The second-order valence-electron chi connectivity index (χ2n) is 3.70. The fraction of sp³-hybridized carbons (Fsp3) is 0.455. The Hall–Kier alpha value is 0.1000. The van der Waals surface area contributed by atoms with Crippen LogP contribution in [0.15, 0.2) is 27.1 Å². The van der Waals surface area contributed by atoms with Crippen LogP contribution in [-0.4, -0.2) is 17.8 Å². The summed E-state index contributed by atoms with van der Waals surface area (Å²) < 4.78 is 7.71. The van der Waals surface area contributed by atoms with Crippen LogP contribution < -0.4 is 0 Å². The number of aliphatic hydroxyl groups is 1. The Morgan fingerprint density at radius 3 is 2.80 bits per heavy atom. The third-order valence-corrected chi connectivity index (χ3v) is 3.75. The third kappa shape index (κ3) is 2.81. The van der Waals surface area contributed by atoms with Gasteiger partial charge in [0.15, 0.2) is 0 Å². The van der Waals surface area contributed by atoms with Crippen LogP contribution in [0.3, 0.4) is 0 Å². The van der Waals surface area contributed by atoms with Crippen LogP contribution in [0.1, 0.15) is 24.5 Å². The maximum absolute atomic E-state index is 9.58. The number of aliphatic hydroxyl groups excluding tert-OH is 1. The molecule has 1 fully saturated rings. The summed E-state index contributed by atoms with van der Waals surface area (Å²) in [4.78, 5) is 0. The number of ether oxygens (including phenoxy) is 1. The molecular weight excluding hydrogens is 324 g/mol. The Bertz CT molecular complexity index is 354. The van der Waals surface area contributed by atoms with E-state index in [0.717, 1.165) is 20.9 Å². The van der Waals surface area contributed by atoms with Crippen LogP contribution in [0.2, 0.25) is 0 Å². The molecule has 82 valence electrons. The van der Waals surface area contributed by atoms with E-state index < -0.39 is 0 Å². The quantitative estimate of drug-likeness (QED) is 0.852. The highest BCUT2D eigenvalue weighted by Gasteiger charge is 2.23. The predicted octanol–water partition coefficient (Wildman–Crippen LogP) is 3.42. The smallest absolute Gasteiger partial charge is 0.0860 e. The molecule has 0 bridgehead atoms. The molecule has 1 aliphatic rings. The van der Waals surface area contributed by atoms with Crippen molar-refractivity contribution in [3.8, 4) is 0 Å². The molecule has 4 heteroatoms. The Balaban J connectivity index is 2.21. The number of hydrogen-bond acceptors (Lipinski definition) is 2. The predicted molar refractivity (Wildman–Crippen MR) is 65.8 cm³/mol. The zero-order valence-corrected chi connectivity index (χ0v) is 11.3. The molecule has 2 unspecified atom stereocenters. The second kappa shape index (κ2) is 4.95. The summed E-state index contributed by atoms with van der Waals surface area (Å²) in [5, 5.41) is 9.58. The van der Waals surface area contributed by atoms with Crippen LogP contribution in [0.5, 0.6) is 0 Å². The fourth-order valence-corrected chi connectivity index (χ4v) is 3.06. The van der Waals surface area contributed by atoms with Crippen LogP contribution in [-0.2, 0) is 4.74 Å². The van der Waals surface area contributed by atoms with Gasteiger partial charge in [0.1, 0.15) is 0 Å². The molecule has 1 N–H and O–H groups in total. The SMILES string of the molecule is OC1CCOC(c2ccc(Br)cc2Br)C1. The normalized spacial score (nSPS) is 26.6. The van der Waals surface area contributed by atoms with Gasteiger partial charge in [-0.25, -0.2) is 0 Å². The standard InChI is InChI=1S/C11H12Br2O2/c12-7-1-2-9(10(13)5-7)11-6-8(14)3-4-15-11/h1-2,5,8,11,14H,3-4,6H2. The monoisotopic (exact) mass is 334 g/mol. The van der Waals surface area contributed by atoms with Gasteiger partial charge in [0.05, 0.1) is 12.2 Å². The summed E-state index contributed by atoms with van der Waals surface area (Å²) in [5.74, 6) is 0. The van der Waals surface area contributed by atoms with Crippen molar-refractivity contribution in [1.29, 1.82) is 0 Å². The molecule has 2 nitrogen and oxygen atoms in total. The van der Waals surface area contributed by atoms with Gasteiger partial charge < -0.3 is 9.84 Å². The molecule has 0 spiro atoms. The van der Waals surface area contributed by atoms with Gasteiger partial charge in [-0.1, -0.05) is 37.9 Å².